The molecular formula is C14H16F2N2O. The number of fused-ring (bicyclic) bond motifs is 3. The molecule has 1 atom stereocenters. The smallest absolute Gasteiger partial charge is 0.155 e. The quantitative estimate of drug-likeness (QED) is 0.818. The van der Waals surface area contributed by atoms with Crippen molar-refractivity contribution in [2.45, 2.75) is 12.5 Å². The highest BCUT2D eigenvalue weighted by Crippen LogP contribution is 2.19. The third kappa shape index (κ3) is 2.53. The summed E-state index contributed by atoms with van der Waals surface area (Å²) in [5, 5.41) is 0. The van der Waals surface area contributed by atoms with Crippen molar-refractivity contribution in [2.24, 2.45) is 0 Å². The summed E-state index contributed by atoms with van der Waals surface area (Å²) in [7, 11) is 0. The summed E-state index contributed by atoms with van der Waals surface area (Å²) in [6, 6.07) is 3.10. The van der Waals surface area contributed by atoms with Crippen molar-refractivity contribution in [3.63, 3.8) is 0 Å². The van der Waals surface area contributed by atoms with Gasteiger partial charge < -0.3 is 0 Å². The fourth-order valence-corrected chi connectivity index (χ4v) is 2.91. The van der Waals surface area contributed by atoms with Gasteiger partial charge in [-0.3, -0.25) is 14.6 Å². The Morgan fingerprint density at radius 1 is 1.21 bits per heavy atom. The van der Waals surface area contributed by atoms with Crippen molar-refractivity contribution in [3.8, 4) is 0 Å². The summed E-state index contributed by atoms with van der Waals surface area (Å²) in [5.74, 6) is -1.03. The summed E-state index contributed by atoms with van der Waals surface area (Å²) >= 11 is 0. The molecule has 0 aliphatic carbocycles. The largest absolute Gasteiger partial charge is 0.299 e. The topological polar surface area (TPSA) is 23.6 Å². The average Bonchev–Trinajstić information content (AvgIpc) is 2.44. The van der Waals surface area contributed by atoms with Gasteiger partial charge in [-0.1, -0.05) is 0 Å². The number of rotatable bonds is 3. The van der Waals surface area contributed by atoms with Crippen molar-refractivity contribution in [2.75, 3.05) is 32.7 Å². The van der Waals surface area contributed by atoms with Crippen molar-refractivity contribution >= 4 is 5.78 Å². The van der Waals surface area contributed by atoms with E-state index in [1.807, 2.05) is 0 Å². The van der Waals surface area contributed by atoms with Crippen molar-refractivity contribution in [1.82, 2.24) is 9.80 Å². The van der Waals surface area contributed by atoms with Crippen LogP contribution in [0.25, 0.3) is 0 Å². The number of piperazine rings is 3. The van der Waals surface area contributed by atoms with E-state index in [0.29, 0.717) is 0 Å². The third-order valence-corrected chi connectivity index (χ3v) is 4.02. The molecule has 1 aromatic carbocycles. The SMILES string of the molecule is O=C(Cc1cc(F)ccc1F)C1CN2CCN1CC2. The van der Waals surface area contributed by atoms with Crippen LogP contribution >= 0.6 is 0 Å². The Morgan fingerprint density at radius 2 is 1.95 bits per heavy atom. The van der Waals surface area contributed by atoms with Gasteiger partial charge in [0.2, 0.25) is 0 Å². The van der Waals surface area contributed by atoms with Crippen LogP contribution in [0.1, 0.15) is 5.56 Å². The fraction of sp³-hybridized carbons (Fsp3) is 0.500. The van der Waals surface area contributed by atoms with Crippen LogP contribution in [-0.2, 0) is 11.2 Å². The maximum atomic E-state index is 13.5. The lowest BCUT2D eigenvalue weighted by molar-refractivity contribution is -0.128. The van der Waals surface area contributed by atoms with E-state index in [9.17, 15) is 13.6 Å². The second-order valence-electron chi connectivity index (χ2n) is 5.23. The lowest BCUT2D eigenvalue weighted by Gasteiger charge is -2.46. The Hall–Kier alpha value is -1.33. The van der Waals surface area contributed by atoms with Gasteiger partial charge >= 0.3 is 0 Å². The molecule has 3 fully saturated rings. The summed E-state index contributed by atoms with van der Waals surface area (Å²) in [4.78, 5) is 16.7. The van der Waals surface area contributed by atoms with Crippen LogP contribution in [0.15, 0.2) is 18.2 Å². The molecule has 0 aromatic heterocycles. The van der Waals surface area contributed by atoms with Crippen LogP contribution in [-0.4, -0.2) is 54.3 Å². The number of halogens is 2. The first-order valence-electron chi connectivity index (χ1n) is 6.56. The molecule has 102 valence electrons. The molecular weight excluding hydrogens is 250 g/mol. The van der Waals surface area contributed by atoms with Gasteiger partial charge in [-0.15, -0.1) is 0 Å². The van der Waals surface area contributed by atoms with Crippen molar-refractivity contribution < 1.29 is 13.6 Å². The Morgan fingerprint density at radius 3 is 2.58 bits per heavy atom. The minimum absolute atomic E-state index is 0.0195. The molecule has 3 nitrogen and oxygen atoms in total. The number of carbonyl (C=O) groups is 1. The number of hydrogen-bond donors (Lipinski definition) is 0. The van der Waals surface area contributed by atoms with Crippen LogP contribution in [0, 0.1) is 11.6 Å². The molecule has 3 heterocycles. The Bertz CT molecular complexity index is 498. The van der Waals surface area contributed by atoms with Crippen LogP contribution in [0.2, 0.25) is 0 Å². The maximum absolute atomic E-state index is 13.5. The number of carbonyl (C=O) groups excluding carboxylic acids is 1. The van der Waals surface area contributed by atoms with Crippen molar-refractivity contribution in [3.05, 3.63) is 35.4 Å². The second kappa shape index (κ2) is 4.98. The molecule has 0 radical (unpaired) electrons. The van der Waals surface area contributed by atoms with E-state index in [0.717, 1.165) is 50.9 Å². The highest BCUT2D eigenvalue weighted by molar-refractivity contribution is 5.86. The van der Waals surface area contributed by atoms with Crippen molar-refractivity contribution in [1.29, 1.82) is 0 Å². The third-order valence-electron chi connectivity index (χ3n) is 4.02. The molecule has 0 amide bonds. The molecule has 3 saturated heterocycles. The normalized spacial score (nSPS) is 29.5. The predicted molar refractivity (Wildman–Crippen MR) is 66.9 cm³/mol. The molecule has 3 aliphatic heterocycles. The number of nitrogens with zero attached hydrogens (tertiary/aromatic N) is 2. The van der Waals surface area contributed by atoms with Gasteiger partial charge in [0.1, 0.15) is 11.6 Å². The summed E-state index contributed by atoms with van der Waals surface area (Å²) in [6.45, 7) is 4.50. The molecule has 1 unspecified atom stereocenters. The number of Topliss-reactive ketones (excluding diaryl/α,β-unsaturated/α-hetero) is 1. The fourth-order valence-electron chi connectivity index (χ4n) is 2.91. The summed E-state index contributed by atoms with van der Waals surface area (Å²) in [5.41, 5.74) is 0.155. The Balaban J connectivity index is 1.73. The highest BCUT2D eigenvalue weighted by Gasteiger charge is 2.36. The average molecular weight is 266 g/mol. The highest BCUT2D eigenvalue weighted by atomic mass is 19.1. The number of hydrogen-bond acceptors (Lipinski definition) is 3. The standard InChI is InChI=1S/C14H16F2N2O/c15-11-1-2-12(16)10(7-11)8-14(19)13-9-17-3-5-18(13)6-4-17/h1-2,7,13H,3-6,8-9H2. The second-order valence-corrected chi connectivity index (χ2v) is 5.23. The molecule has 2 bridgehead atoms. The molecule has 5 heteroatoms. The zero-order chi connectivity index (χ0) is 13.4. The molecule has 3 aliphatic rings. The zero-order valence-electron chi connectivity index (χ0n) is 10.6. The minimum Gasteiger partial charge on any atom is -0.299 e. The number of benzene rings is 1. The minimum atomic E-state index is -0.508. The maximum Gasteiger partial charge on any atom is 0.155 e. The van der Waals surface area contributed by atoms with Gasteiger partial charge in [-0.2, -0.15) is 0 Å². The lowest BCUT2D eigenvalue weighted by atomic mass is 9.98. The van der Waals surface area contributed by atoms with E-state index in [2.05, 4.69) is 9.80 Å². The van der Waals surface area contributed by atoms with Crippen LogP contribution < -0.4 is 0 Å². The van der Waals surface area contributed by atoms with Gasteiger partial charge in [0.05, 0.1) is 6.04 Å². The van der Waals surface area contributed by atoms with Crippen LogP contribution in [0.4, 0.5) is 8.78 Å². The van der Waals surface area contributed by atoms with E-state index in [1.165, 1.54) is 0 Å². The van der Waals surface area contributed by atoms with Crippen LogP contribution in [0.3, 0.4) is 0 Å². The van der Waals surface area contributed by atoms with Gasteiger partial charge in [0.15, 0.2) is 5.78 Å². The molecule has 0 saturated carbocycles. The molecule has 4 rings (SSSR count). The summed E-state index contributed by atoms with van der Waals surface area (Å²) < 4.78 is 26.6. The van der Waals surface area contributed by atoms with Gasteiger partial charge in [0, 0.05) is 39.1 Å². The van der Waals surface area contributed by atoms with E-state index >= 15 is 0 Å². The number of ketones is 1. The van der Waals surface area contributed by atoms with E-state index < -0.39 is 11.6 Å². The molecule has 1 aromatic rings. The monoisotopic (exact) mass is 266 g/mol. The van der Waals surface area contributed by atoms with E-state index in [1.54, 1.807) is 0 Å². The van der Waals surface area contributed by atoms with Crippen LogP contribution in [0.5, 0.6) is 0 Å². The predicted octanol–water partition coefficient (Wildman–Crippen LogP) is 1.08. The van der Waals surface area contributed by atoms with Gasteiger partial charge in [-0.25, -0.2) is 8.78 Å². The Kier molecular flexibility index (Phi) is 3.33. The first-order valence-corrected chi connectivity index (χ1v) is 6.56. The first kappa shape index (κ1) is 12.7. The molecule has 0 N–H and O–H groups in total. The van der Waals surface area contributed by atoms with E-state index in [-0.39, 0.29) is 23.8 Å². The van der Waals surface area contributed by atoms with Gasteiger partial charge in [0.25, 0.3) is 0 Å². The Labute approximate surface area is 110 Å². The summed E-state index contributed by atoms with van der Waals surface area (Å²) in [6.07, 6.45) is -0.0292. The molecule has 0 spiro atoms. The lowest BCUT2D eigenvalue weighted by Crippen LogP contribution is -2.63. The zero-order valence-corrected chi connectivity index (χ0v) is 10.6. The molecule has 19 heavy (non-hydrogen) atoms. The van der Waals surface area contributed by atoms with Gasteiger partial charge in [-0.05, 0) is 23.8 Å². The van der Waals surface area contributed by atoms with E-state index in [4.69, 9.17) is 0 Å². The first-order chi connectivity index (χ1) is 9.13.